The van der Waals surface area contributed by atoms with Crippen molar-refractivity contribution in [2.45, 2.75) is 18.6 Å². The zero-order valence-corrected chi connectivity index (χ0v) is 10.8. The number of anilines is 1. The summed E-state index contributed by atoms with van der Waals surface area (Å²) >= 11 is 5.41. The van der Waals surface area contributed by atoms with Gasteiger partial charge in [0.15, 0.2) is 5.69 Å². The summed E-state index contributed by atoms with van der Waals surface area (Å²) in [5.41, 5.74) is -1.23. The number of carbonyl (C=O) groups is 2. The number of likely N-dealkylation sites (N-methyl/N-ethyl adjacent to an activating group) is 1. The number of nitrogens with one attached hydrogen (secondary N) is 1. The monoisotopic (exact) mass is 308 g/mol. The van der Waals surface area contributed by atoms with E-state index < -0.39 is 35.0 Å². The van der Waals surface area contributed by atoms with E-state index in [4.69, 9.17) is 11.6 Å². The van der Waals surface area contributed by atoms with Gasteiger partial charge in [-0.3, -0.25) is 14.5 Å². The number of aromatic nitrogens is 2. The molecule has 108 valence electrons. The third-order valence-electron chi connectivity index (χ3n) is 2.69. The van der Waals surface area contributed by atoms with Crippen molar-refractivity contribution in [2.24, 2.45) is 0 Å². The summed E-state index contributed by atoms with van der Waals surface area (Å²) < 4.78 is 37.7. The van der Waals surface area contributed by atoms with Crippen LogP contribution < -0.4 is 5.32 Å². The first-order valence-corrected chi connectivity index (χ1v) is 5.75. The normalized spacial score (nSPS) is 19.6. The van der Waals surface area contributed by atoms with Gasteiger partial charge in [-0.05, 0) is 11.6 Å². The molecule has 2 rings (SSSR count). The fourth-order valence-corrected chi connectivity index (χ4v) is 1.87. The Bertz CT molecular complexity index is 578. The lowest BCUT2D eigenvalue weighted by Crippen LogP contribution is -2.32. The molecule has 10 heteroatoms. The third kappa shape index (κ3) is 2.82. The average molecular weight is 309 g/mol. The van der Waals surface area contributed by atoms with Gasteiger partial charge in [0.2, 0.25) is 11.2 Å². The van der Waals surface area contributed by atoms with Crippen LogP contribution in [0.3, 0.4) is 0 Å². The van der Waals surface area contributed by atoms with E-state index >= 15 is 0 Å². The molecule has 1 aliphatic rings. The molecule has 0 radical (unpaired) electrons. The molecule has 1 atom stereocenters. The van der Waals surface area contributed by atoms with Gasteiger partial charge in [0.1, 0.15) is 11.9 Å². The fourth-order valence-electron chi connectivity index (χ4n) is 1.68. The molecule has 20 heavy (non-hydrogen) atoms. The minimum absolute atomic E-state index is 0.154. The van der Waals surface area contributed by atoms with E-state index in [0.29, 0.717) is 6.07 Å². The van der Waals surface area contributed by atoms with Crippen LogP contribution in [0.4, 0.5) is 19.0 Å². The lowest BCUT2D eigenvalue weighted by atomic mass is 10.2. The highest BCUT2D eigenvalue weighted by atomic mass is 35.5. The third-order valence-corrected chi connectivity index (χ3v) is 2.86. The highest BCUT2D eigenvalue weighted by Crippen LogP contribution is 2.30. The number of alkyl halides is 3. The predicted octanol–water partition coefficient (Wildman–Crippen LogP) is 1.32. The second-order valence-electron chi connectivity index (χ2n) is 4.10. The van der Waals surface area contributed by atoms with Crippen LogP contribution >= 0.6 is 11.6 Å². The highest BCUT2D eigenvalue weighted by Gasteiger charge is 2.37. The molecule has 6 nitrogen and oxygen atoms in total. The van der Waals surface area contributed by atoms with E-state index in [2.05, 4.69) is 15.3 Å². The molecule has 1 fully saturated rings. The number of nitrogens with zero attached hydrogens (tertiary/aromatic N) is 3. The van der Waals surface area contributed by atoms with Crippen molar-refractivity contribution >= 4 is 29.2 Å². The number of rotatable bonds is 2. The minimum Gasteiger partial charge on any atom is -0.358 e. The lowest BCUT2D eigenvalue weighted by molar-refractivity contribution is -0.141. The van der Waals surface area contributed by atoms with E-state index in [-0.39, 0.29) is 12.2 Å². The van der Waals surface area contributed by atoms with Crippen molar-refractivity contribution in [3.63, 3.8) is 0 Å². The number of likely N-dealkylation sites (tertiary alicyclic amines) is 1. The van der Waals surface area contributed by atoms with Crippen molar-refractivity contribution in [2.75, 3.05) is 12.4 Å². The van der Waals surface area contributed by atoms with Gasteiger partial charge in [0.05, 0.1) is 6.42 Å². The topological polar surface area (TPSA) is 75.2 Å². The standard InChI is InChI=1S/C10H8ClF3N4O2/c1-18-7(19)2-4(8(18)20)15-6-3-5(10(12,13)14)16-9(11)17-6/h3-4H,2H2,1H3,(H,15,16,17). The molecule has 2 heterocycles. The van der Waals surface area contributed by atoms with Crippen LogP contribution in [0.5, 0.6) is 0 Å². The molecule has 1 aromatic rings. The molecule has 0 bridgehead atoms. The Hall–Kier alpha value is -1.90. The molecule has 0 aromatic carbocycles. The predicted molar refractivity (Wildman–Crippen MR) is 61.8 cm³/mol. The number of carbonyl (C=O) groups excluding carboxylic acids is 2. The number of amides is 2. The van der Waals surface area contributed by atoms with Crippen LogP contribution in [-0.2, 0) is 15.8 Å². The van der Waals surface area contributed by atoms with Crippen molar-refractivity contribution < 1.29 is 22.8 Å². The van der Waals surface area contributed by atoms with Gasteiger partial charge in [-0.25, -0.2) is 9.97 Å². The Morgan fingerprint density at radius 3 is 2.55 bits per heavy atom. The molecular weight excluding hydrogens is 301 g/mol. The summed E-state index contributed by atoms with van der Waals surface area (Å²) in [6.07, 6.45) is -4.84. The Morgan fingerprint density at radius 2 is 2.05 bits per heavy atom. The Morgan fingerprint density at radius 1 is 1.40 bits per heavy atom. The summed E-state index contributed by atoms with van der Waals surface area (Å²) in [4.78, 5) is 30.4. The van der Waals surface area contributed by atoms with E-state index in [0.717, 1.165) is 4.90 Å². The maximum atomic E-state index is 12.6. The average Bonchev–Trinajstić information content (AvgIpc) is 2.55. The van der Waals surface area contributed by atoms with E-state index in [1.165, 1.54) is 7.05 Å². The zero-order valence-electron chi connectivity index (χ0n) is 10.0. The SMILES string of the molecule is CN1C(=O)CC(Nc2cc(C(F)(F)F)nc(Cl)n2)C1=O. The van der Waals surface area contributed by atoms with Crippen LogP contribution in [-0.4, -0.2) is 39.8 Å². The highest BCUT2D eigenvalue weighted by molar-refractivity contribution is 6.28. The van der Waals surface area contributed by atoms with Crippen LogP contribution in [0.25, 0.3) is 0 Å². The first-order valence-electron chi connectivity index (χ1n) is 5.37. The molecule has 0 aliphatic carbocycles. The molecule has 0 spiro atoms. The smallest absolute Gasteiger partial charge is 0.358 e. The van der Waals surface area contributed by atoms with Gasteiger partial charge < -0.3 is 5.32 Å². The van der Waals surface area contributed by atoms with E-state index in [1.54, 1.807) is 0 Å². The number of imide groups is 1. The van der Waals surface area contributed by atoms with Gasteiger partial charge in [0.25, 0.3) is 5.91 Å². The Labute approximate surface area is 115 Å². The van der Waals surface area contributed by atoms with Crippen LogP contribution in [0.2, 0.25) is 5.28 Å². The van der Waals surface area contributed by atoms with Crippen molar-refractivity contribution in [1.29, 1.82) is 0 Å². The van der Waals surface area contributed by atoms with E-state index in [1.807, 2.05) is 0 Å². The van der Waals surface area contributed by atoms with Gasteiger partial charge >= 0.3 is 6.18 Å². The summed E-state index contributed by atoms with van der Waals surface area (Å²) in [6.45, 7) is 0. The summed E-state index contributed by atoms with van der Waals surface area (Å²) in [5.74, 6) is -1.24. The Balaban J connectivity index is 2.25. The molecule has 2 amide bonds. The molecular formula is C10H8ClF3N4O2. The fraction of sp³-hybridized carbons (Fsp3) is 0.400. The molecule has 1 aliphatic heterocycles. The minimum atomic E-state index is -4.69. The lowest BCUT2D eigenvalue weighted by Gasteiger charge is -2.13. The first-order chi connectivity index (χ1) is 9.18. The summed E-state index contributed by atoms with van der Waals surface area (Å²) in [5, 5.41) is 1.85. The summed E-state index contributed by atoms with van der Waals surface area (Å²) in [6, 6.07) is -0.332. The zero-order chi connectivity index (χ0) is 15.1. The van der Waals surface area contributed by atoms with Crippen LogP contribution in [0.15, 0.2) is 6.07 Å². The van der Waals surface area contributed by atoms with Crippen LogP contribution in [0, 0.1) is 0 Å². The number of hydrogen-bond donors (Lipinski definition) is 1. The second kappa shape index (κ2) is 4.89. The summed E-state index contributed by atoms with van der Waals surface area (Å²) in [7, 11) is 1.29. The molecule has 1 N–H and O–H groups in total. The quantitative estimate of drug-likeness (QED) is 0.659. The van der Waals surface area contributed by atoms with Crippen molar-refractivity contribution in [1.82, 2.24) is 14.9 Å². The maximum Gasteiger partial charge on any atom is 0.433 e. The van der Waals surface area contributed by atoms with Gasteiger partial charge in [-0.1, -0.05) is 0 Å². The molecule has 0 saturated carbocycles. The first kappa shape index (κ1) is 14.5. The molecule has 1 unspecified atom stereocenters. The van der Waals surface area contributed by atoms with Crippen LogP contribution in [0.1, 0.15) is 12.1 Å². The van der Waals surface area contributed by atoms with Crippen molar-refractivity contribution in [3.05, 3.63) is 17.0 Å². The number of hydrogen-bond acceptors (Lipinski definition) is 5. The molecule has 1 aromatic heterocycles. The van der Waals surface area contributed by atoms with Crippen molar-refractivity contribution in [3.8, 4) is 0 Å². The Kier molecular flexibility index (Phi) is 3.55. The second-order valence-corrected chi connectivity index (χ2v) is 4.44. The van der Waals surface area contributed by atoms with Gasteiger partial charge in [0, 0.05) is 13.1 Å². The maximum absolute atomic E-state index is 12.6. The molecule has 1 saturated heterocycles. The van der Waals surface area contributed by atoms with Gasteiger partial charge in [-0.2, -0.15) is 13.2 Å². The van der Waals surface area contributed by atoms with E-state index in [9.17, 15) is 22.8 Å². The largest absolute Gasteiger partial charge is 0.433 e. The number of halogens is 4. The van der Waals surface area contributed by atoms with Gasteiger partial charge in [-0.15, -0.1) is 0 Å².